The number of furan rings is 1. The smallest absolute Gasteiger partial charge is 0.310 e. The second-order valence-corrected chi connectivity index (χ2v) is 7.24. The predicted octanol–water partition coefficient (Wildman–Crippen LogP) is 5.06. The van der Waals surface area contributed by atoms with Gasteiger partial charge in [0.05, 0.1) is 11.5 Å². The summed E-state index contributed by atoms with van der Waals surface area (Å²) in [5, 5.41) is 18.1. The van der Waals surface area contributed by atoms with Gasteiger partial charge in [0.15, 0.2) is 17.3 Å². The van der Waals surface area contributed by atoms with Crippen LogP contribution in [0.3, 0.4) is 0 Å². The summed E-state index contributed by atoms with van der Waals surface area (Å²) in [4.78, 5) is 23.0. The van der Waals surface area contributed by atoms with E-state index in [1.54, 1.807) is 24.4 Å². The molecular weight excluding hydrogens is 455 g/mol. The minimum atomic E-state index is -0.555. The molecule has 2 aromatic heterocycles. The lowest BCUT2D eigenvalue weighted by Gasteiger charge is -2.06. The van der Waals surface area contributed by atoms with E-state index < -0.39 is 16.6 Å². The Morgan fingerprint density at radius 2 is 2.00 bits per heavy atom. The first kappa shape index (κ1) is 22.0. The molecule has 2 aromatic carbocycles. The Bertz CT molecular complexity index is 1300. The van der Waals surface area contributed by atoms with Crippen LogP contribution >= 0.6 is 11.6 Å². The summed E-state index contributed by atoms with van der Waals surface area (Å²) < 4.78 is 26.3. The van der Waals surface area contributed by atoms with E-state index in [4.69, 9.17) is 20.8 Å². The van der Waals surface area contributed by atoms with Gasteiger partial charge in [0.2, 0.25) is 0 Å². The Labute approximate surface area is 191 Å². The van der Waals surface area contributed by atoms with E-state index in [1.165, 1.54) is 47.1 Å². The summed E-state index contributed by atoms with van der Waals surface area (Å²) in [7, 11) is 0. The second kappa shape index (κ2) is 9.53. The van der Waals surface area contributed by atoms with Gasteiger partial charge in [-0.15, -0.1) is 0 Å². The van der Waals surface area contributed by atoms with Crippen LogP contribution in [-0.2, 0) is 13.2 Å². The van der Waals surface area contributed by atoms with Crippen LogP contribution in [0.25, 0.3) is 0 Å². The number of nitrogens with zero attached hydrogens (tertiary/aromatic N) is 3. The molecule has 2 heterocycles. The van der Waals surface area contributed by atoms with Crippen LogP contribution in [0.5, 0.6) is 5.75 Å². The molecule has 0 saturated carbocycles. The molecule has 9 nitrogen and oxygen atoms in total. The third-order valence-corrected chi connectivity index (χ3v) is 4.94. The van der Waals surface area contributed by atoms with Gasteiger partial charge in [0.1, 0.15) is 18.2 Å². The molecule has 168 valence electrons. The number of para-hydroxylation sites is 2. The molecule has 0 spiro atoms. The van der Waals surface area contributed by atoms with Crippen molar-refractivity contribution in [1.29, 1.82) is 0 Å². The van der Waals surface area contributed by atoms with E-state index in [1.807, 2.05) is 0 Å². The topological polar surface area (TPSA) is 112 Å². The molecule has 0 radical (unpaired) electrons. The van der Waals surface area contributed by atoms with E-state index in [2.05, 4.69) is 10.4 Å². The van der Waals surface area contributed by atoms with E-state index in [0.717, 1.165) is 0 Å². The molecule has 4 rings (SSSR count). The van der Waals surface area contributed by atoms with Crippen molar-refractivity contribution in [2.75, 3.05) is 5.32 Å². The maximum absolute atomic E-state index is 14.0. The quantitative estimate of drug-likeness (QED) is 0.284. The van der Waals surface area contributed by atoms with E-state index in [0.29, 0.717) is 5.76 Å². The number of benzene rings is 2. The highest BCUT2D eigenvalue weighted by Crippen LogP contribution is 2.27. The van der Waals surface area contributed by atoms with Crippen molar-refractivity contribution in [3.8, 4) is 5.75 Å². The van der Waals surface area contributed by atoms with Crippen molar-refractivity contribution in [2.24, 2.45) is 0 Å². The third kappa shape index (κ3) is 5.18. The Balaban J connectivity index is 1.37. The van der Waals surface area contributed by atoms with Crippen molar-refractivity contribution in [3.05, 3.63) is 105 Å². The van der Waals surface area contributed by atoms with Gasteiger partial charge in [0, 0.05) is 28.9 Å². The number of rotatable bonds is 8. The Morgan fingerprint density at radius 1 is 1.18 bits per heavy atom. The Morgan fingerprint density at radius 3 is 2.79 bits per heavy atom. The summed E-state index contributed by atoms with van der Waals surface area (Å²) in [5.41, 5.74) is 0.115. The summed E-state index contributed by atoms with van der Waals surface area (Å²) in [6, 6.07) is 14.9. The van der Waals surface area contributed by atoms with Gasteiger partial charge in [-0.25, -0.2) is 4.39 Å². The monoisotopic (exact) mass is 470 g/mol. The number of nitro groups is 1. The highest BCUT2D eigenvalue weighted by atomic mass is 35.5. The van der Waals surface area contributed by atoms with Crippen LogP contribution in [0, 0.1) is 15.9 Å². The van der Waals surface area contributed by atoms with Crippen LogP contribution < -0.4 is 10.1 Å². The largest absolute Gasteiger partial charge is 0.479 e. The third-order valence-electron chi connectivity index (χ3n) is 4.58. The fourth-order valence-corrected chi connectivity index (χ4v) is 3.22. The van der Waals surface area contributed by atoms with Crippen LogP contribution in [0.2, 0.25) is 5.02 Å². The number of hydrogen-bond acceptors (Lipinski definition) is 6. The van der Waals surface area contributed by atoms with Gasteiger partial charge in [-0.3, -0.25) is 19.6 Å². The maximum atomic E-state index is 14.0. The van der Waals surface area contributed by atoms with Gasteiger partial charge in [-0.05, 0) is 30.3 Å². The zero-order chi connectivity index (χ0) is 23.4. The average molecular weight is 471 g/mol. The number of nitro benzene ring substituents is 1. The molecule has 0 aliphatic rings. The van der Waals surface area contributed by atoms with Crippen LogP contribution in [0.4, 0.5) is 15.9 Å². The van der Waals surface area contributed by atoms with Crippen molar-refractivity contribution >= 4 is 29.0 Å². The summed E-state index contributed by atoms with van der Waals surface area (Å²) in [6.07, 6.45) is 1.58. The Kier molecular flexibility index (Phi) is 6.36. The fourth-order valence-electron chi connectivity index (χ4n) is 3.00. The number of nitrogens with one attached hydrogen (secondary N) is 1. The van der Waals surface area contributed by atoms with Gasteiger partial charge < -0.3 is 14.5 Å². The molecule has 0 atom stereocenters. The molecule has 0 unspecified atom stereocenters. The molecule has 0 aliphatic carbocycles. The lowest BCUT2D eigenvalue weighted by molar-refractivity contribution is -0.386. The van der Waals surface area contributed by atoms with Gasteiger partial charge in [0.25, 0.3) is 5.91 Å². The highest BCUT2D eigenvalue weighted by Gasteiger charge is 2.17. The second-order valence-electron chi connectivity index (χ2n) is 6.83. The molecule has 0 aliphatic heterocycles. The molecule has 1 N–H and O–H groups in total. The van der Waals surface area contributed by atoms with Gasteiger partial charge in [-0.2, -0.15) is 5.10 Å². The fraction of sp³-hybridized carbons (Fsp3) is 0.0909. The summed E-state index contributed by atoms with van der Waals surface area (Å²) in [6.45, 7) is -0.00853. The molecule has 0 saturated heterocycles. The van der Waals surface area contributed by atoms with Crippen molar-refractivity contribution in [2.45, 2.75) is 13.2 Å². The maximum Gasteiger partial charge on any atom is 0.310 e. The number of anilines is 1. The first-order chi connectivity index (χ1) is 15.9. The lowest BCUT2D eigenvalue weighted by atomic mass is 10.2. The van der Waals surface area contributed by atoms with E-state index in [-0.39, 0.29) is 46.8 Å². The molecule has 0 bridgehead atoms. The van der Waals surface area contributed by atoms with Gasteiger partial charge in [-0.1, -0.05) is 29.8 Å². The zero-order valence-electron chi connectivity index (χ0n) is 16.9. The SMILES string of the molecule is O=C(Nc1ccn(Cc2c(F)cccc2Cl)n1)c1ccc(COc2ccccc2[N+](=O)[O-])o1. The van der Waals surface area contributed by atoms with Crippen LogP contribution in [0.15, 0.2) is 71.3 Å². The molecular formula is C22H16ClFN4O5. The highest BCUT2D eigenvalue weighted by molar-refractivity contribution is 6.31. The zero-order valence-corrected chi connectivity index (χ0v) is 17.7. The number of halogens is 2. The van der Waals surface area contributed by atoms with Gasteiger partial charge >= 0.3 is 5.69 Å². The summed E-state index contributed by atoms with van der Waals surface area (Å²) in [5.74, 6) is -0.372. The first-order valence-corrected chi connectivity index (χ1v) is 10.0. The minimum absolute atomic E-state index is 0.00265. The average Bonchev–Trinajstić information content (AvgIpc) is 3.45. The molecule has 0 fully saturated rings. The molecule has 33 heavy (non-hydrogen) atoms. The molecule has 4 aromatic rings. The first-order valence-electron chi connectivity index (χ1n) is 9.63. The number of ether oxygens (including phenoxy) is 1. The Hall–Kier alpha value is -4.18. The minimum Gasteiger partial charge on any atom is -0.479 e. The number of aromatic nitrogens is 2. The number of hydrogen-bond donors (Lipinski definition) is 1. The van der Waals surface area contributed by atoms with E-state index in [9.17, 15) is 19.3 Å². The number of amides is 1. The summed E-state index contributed by atoms with van der Waals surface area (Å²) >= 11 is 6.03. The van der Waals surface area contributed by atoms with Crippen LogP contribution in [-0.4, -0.2) is 20.6 Å². The molecule has 1 amide bonds. The van der Waals surface area contributed by atoms with Crippen LogP contribution in [0.1, 0.15) is 21.9 Å². The predicted molar refractivity (Wildman–Crippen MR) is 117 cm³/mol. The standard InChI is InChI=1S/C22H16ClFN4O5/c23-16-4-3-5-17(24)15(16)12-27-11-10-21(26-27)25-22(29)20-9-8-14(33-20)13-32-19-7-2-1-6-18(19)28(30)31/h1-11H,12-13H2,(H,25,26,29). The normalized spacial score (nSPS) is 10.7. The van der Waals surface area contributed by atoms with Crippen molar-refractivity contribution in [1.82, 2.24) is 9.78 Å². The van der Waals surface area contributed by atoms with E-state index >= 15 is 0 Å². The van der Waals surface area contributed by atoms with Crippen molar-refractivity contribution in [3.63, 3.8) is 0 Å². The number of carbonyl (C=O) groups excluding carboxylic acids is 1. The number of carbonyl (C=O) groups is 1. The lowest BCUT2D eigenvalue weighted by Crippen LogP contribution is -2.12. The van der Waals surface area contributed by atoms with Crippen molar-refractivity contribution < 1.29 is 23.3 Å². The molecule has 11 heteroatoms.